The average molecular weight is 405 g/mol. The lowest BCUT2D eigenvalue weighted by Gasteiger charge is -2.35. The van der Waals surface area contributed by atoms with Crippen LogP contribution in [0.15, 0.2) is 24.3 Å². The Labute approximate surface area is 171 Å². The summed E-state index contributed by atoms with van der Waals surface area (Å²) in [7, 11) is 0. The number of rotatable bonds is 5. The molecule has 2 amide bonds. The maximum Gasteiger partial charge on any atom is 0.409 e. The highest BCUT2D eigenvalue weighted by Crippen LogP contribution is 2.14. The van der Waals surface area contributed by atoms with Crippen molar-refractivity contribution >= 4 is 18.0 Å². The molecule has 0 spiro atoms. The Morgan fingerprint density at radius 3 is 2.10 bits per heavy atom. The normalized spacial score (nSPS) is 15.6. The van der Waals surface area contributed by atoms with Gasteiger partial charge in [-0.25, -0.2) is 9.59 Å². The Bertz CT molecular complexity index is 719. The Morgan fingerprint density at radius 2 is 1.59 bits per heavy atom. The maximum absolute atomic E-state index is 12.6. The zero-order valence-corrected chi connectivity index (χ0v) is 17.6. The summed E-state index contributed by atoms with van der Waals surface area (Å²) in [5, 5.41) is 0. The number of esters is 1. The highest BCUT2D eigenvalue weighted by atomic mass is 16.6. The lowest BCUT2D eigenvalue weighted by molar-refractivity contribution is -0.134. The van der Waals surface area contributed by atoms with Gasteiger partial charge in [0.05, 0.1) is 18.2 Å². The van der Waals surface area contributed by atoms with Crippen molar-refractivity contribution in [3.63, 3.8) is 0 Å². The molecule has 1 aromatic carbocycles. The number of piperazine rings is 1. The number of amides is 2. The van der Waals surface area contributed by atoms with Gasteiger partial charge in [-0.1, -0.05) is 12.1 Å². The van der Waals surface area contributed by atoms with Crippen LogP contribution in [0.25, 0.3) is 0 Å². The van der Waals surface area contributed by atoms with Gasteiger partial charge in [0.2, 0.25) is 5.91 Å². The summed E-state index contributed by atoms with van der Waals surface area (Å²) in [6, 6.07) is 6.24. The molecule has 0 aromatic heterocycles. The molecular weight excluding hydrogens is 374 g/mol. The molecule has 0 unspecified atom stereocenters. The van der Waals surface area contributed by atoms with Crippen molar-refractivity contribution in [1.82, 2.24) is 9.80 Å². The zero-order valence-electron chi connectivity index (χ0n) is 17.6. The minimum Gasteiger partial charge on any atom is -0.456 e. The minimum atomic E-state index is -0.684. The fourth-order valence-electron chi connectivity index (χ4n) is 3.01. The molecule has 0 radical (unpaired) electrons. The van der Waals surface area contributed by atoms with Crippen LogP contribution in [0.4, 0.5) is 4.79 Å². The quantitative estimate of drug-likeness (QED) is 0.750. The van der Waals surface area contributed by atoms with E-state index in [-0.39, 0.29) is 18.0 Å². The Morgan fingerprint density at radius 1 is 1.03 bits per heavy atom. The smallest absolute Gasteiger partial charge is 0.409 e. The van der Waals surface area contributed by atoms with E-state index in [2.05, 4.69) is 0 Å². The molecule has 2 N–H and O–H groups in total. The van der Waals surface area contributed by atoms with E-state index in [0.717, 1.165) is 5.56 Å². The summed E-state index contributed by atoms with van der Waals surface area (Å²) in [6.45, 7) is 9.27. The molecule has 8 heteroatoms. The SMILES string of the molecule is CCOC(=O)N1CCN(C(=O)[C@@H](N)Cc2ccc(C(=O)OC(C)(C)C)cc2)CC1. The number of nitrogens with two attached hydrogens (primary N) is 1. The first-order valence-corrected chi connectivity index (χ1v) is 9.89. The molecule has 1 saturated heterocycles. The summed E-state index contributed by atoms with van der Waals surface area (Å²) < 4.78 is 10.3. The van der Waals surface area contributed by atoms with Crippen LogP contribution in [-0.4, -0.2) is 72.2 Å². The molecule has 2 rings (SSSR count). The van der Waals surface area contributed by atoms with E-state index in [1.165, 1.54) is 0 Å². The van der Waals surface area contributed by atoms with Gasteiger partial charge in [-0.3, -0.25) is 4.79 Å². The second kappa shape index (κ2) is 9.73. The fraction of sp³-hybridized carbons (Fsp3) is 0.571. The third kappa shape index (κ3) is 6.74. The monoisotopic (exact) mass is 405 g/mol. The summed E-state index contributed by atoms with van der Waals surface area (Å²) in [4.78, 5) is 39.7. The Balaban J connectivity index is 1.87. The molecule has 8 nitrogen and oxygen atoms in total. The van der Waals surface area contributed by atoms with Gasteiger partial charge < -0.3 is 25.0 Å². The second-order valence-corrected chi connectivity index (χ2v) is 8.02. The fourth-order valence-corrected chi connectivity index (χ4v) is 3.01. The van der Waals surface area contributed by atoms with E-state index >= 15 is 0 Å². The topological polar surface area (TPSA) is 102 Å². The molecular formula is C21H31N3O5. The number of carbonyl (C=O) groups is 3. The van der Waals surface area contributed by atoms with E-state index in [1.807, 2.05) is 20.8 Å². The first-order chi connectivity index (χ1) is 13.6. The zero-order chi connectivity index (χ0) is 21.6. The summed E-state index contributed by atoms with van der Waals surface area (Å²) in [5.41, 5.74) is 6.88. The molecule has 0 aliphatic carbocycles. The van der Waals surface area contributed by atoms with Crippen molar-refractivity contribution in [1.29, 1.82) is 0 Å². The largest absolute Gasteiger partial charge is 0.456 e. The number of carbonyl (C=O) groups excluding carboxylic acids is 3. The van der Waals surface area contributed by atoms with Crippen molar-refractivity contribution in [2.75, 3.05) is 32.8 Å². The van der Waals surface area contributed by atoms with Gasteiger partial charge >= 0.3 is 12.1 Å². The van der Waals surface area contributed by atoms with Crippen LogP contribution in [0.2, 0.25) is 0 Å². The molecule has 0 bridgehead atoms. The molecule has 1 heterocycles. The summed E-state index contributed by atoms with van der Waals surface area (Å²) in [6.07, 6.45) is 0.0138. The van der Waals surface area contributed by atoms with Crippen LogP contribution < -0.4 is 5.73 Å². The van der Waals surface area contributed by atoms with Gasteiger partial charge in [-0.05, 0) is 51.8 Å². The first-order valence-electron chi connectivity index (χ1n) is 9.89. The average Bonchev–Trinajstić information content (AvgIpc) is 2.67. The predicted molar refractivity (Wildman–Crippen MR) is 108 cm³/mol. The third-order valence-electron chi connectivity index (χ3n) is 4.48. The number of nitrogens with zero attached hydrogens (tertiary/aromatic N) is 2. The van der Waals surface area contributed by atoms with Crippen LogP contribution in [0.1, 0.15) is 43.6 Å². The van der Waals surface area contributed by atoms with Crippen LogP contribution in [0.5, 0.6) is 0 Å². The molecule has 1 aliphatic heterocycles. The second-order valence-electron chi connectivity index (χ2n) is 8.02. The van der Waals surface area contributed by atoms with Gasteiger partial charge in [0.1, 0.15) is 5.60 Å². The van der Waals surface area contributed by atoms with Crippen LogP contribution in [-0.2, 0) is 20.7 Å². The maximum atomic E-state index is 12.6. The van der Waals surface area contributed by atoms with E-state index in [0.29, 0.717) is 44.8 Å². The molecule has 1 aromatic rings. The van der Waals surface area contributed by atoms with Gasteiger partial charge in [0.25, 0.3) is 0 Å². The highest BCUT2D eigenvalue weighted by Gasteiger charge is 2.28. The first kappa shape index (κ1) is 22.7. The molecule has 0 saturated carbocycles. The predicted octanol–water partition coefficient (Wildman–Crippen LogP) is 1.81. The van der Waals surface area contributed by atoms with Crippen molar-refractivity contribution in [3.8, 4) is 0 Å². The van der Waals surface area contributed by atoms with Crippen molar-refractivity contribution in [3.05, 3.63) is 35.4 Å². The highest BCUT2D eigenvalue weighted by molar-refractivity contribution is 5.89. The van der Waals surface area contributed by atoms with E-state index in [1.54, 1.807) is 41.0 Å². The van der Waals surface area contributed by atoms with Crippen molar-refractivity contribution < 1.29 is 23.9 Å². The van der Waals surface area contributed by atoms with E-state index in [4.69, 9.17) is 15.2 Å². The molecule has 160 valence electrons. The lowest BCUT2D eigenvalue weighted by Crippen LogP contribution is -2.54. The lowest BCUT2D eigenvalue weighted by atomic mass is 10.0. The van der Waals surface area contributed by atoms with Crippen molar-refractivity contribution in [2.45, 2.75) is 45.8 Å². The molecule has 29 heavy (non-hydrogen) atoms. The molecule has 1 fully saturated rings. The van der Waals surface area contributed by atoms with E-state index < -0.39 is 11.6 Å². The van der Waals surface area contributed by atoms with E-state index in [9.17, 15) is 14.4 Å². The van der Waals surface area contributed by atoms with Crippen LogP contribution in [0, 0.1) is 0 Å². The van der Waals surface area contributed by atoms with Gasteiger partial charge in [-0.2, -0.15) is 0 Å². The van der Waals surface area contributed by atoms with Crippen LogP contribution in [0.3, 0.4) is 0 Å². The summed E-state index contributed by atoms with van der Waals surface area (Å²) in [5.74, 6) is -0.534. The number of hydrogen-bond acceptors (Lipinski definition) is 6. The van der Waals surface area contributed by atoms with Gasteiger partial charge in [0, 0.05) is 26.2 Å². The number of hydrogen-bond donors (Lipinski definition) is 1. The third-order valence-corrected chi connectivity index (χ3v) is 4.48. The Hall–Kier alpha value is -2.61. The minimum absolute atomic E-state index is 0.148. The van der Waals surface area contributed by atoms with Gasteiger partial charge in [-0.15, -0.1) is 0 Å². The van der Waals surface area contributed by atoms with Crippen LogP contribution >= 0.6 is 0 Å². The Kier molecular flexibility index (Phi) is 7.61. The molecule has 1 aliphatic rings. The standard InChI is InChI=1S/C21H31N3O5/c1-5-28-20(27)24-12-10-23(11-13-24)18(25)17(22)14-15-6-8-16(9-7-15)19(26)29-21(2,3)4/h6-9,17H,5,10-14,22H2,1-4H3/t17-/m0/s1. The molecule has 1 atom stereocenters. The summed E-state index contributed by atoms with van der Waals surface area (Å²) >= 11 is 0. The van der Waals surface area contributed by atoms with Gasteiger partial charge in [0.15, 0.2) is 0 Å². The van der Waals surface area contributed by atoms with Crippen molar-refractivity contribution in [2.24, 2.45) is 5.73 Å². The number of ether oxygens (including phenoxy) is 2. The number of benzene rings is 1.